The summed E-state index contributed by atoms with van der Waals surface area (Å²) < 4.78 is 0. The maximum atomic E-state index is 10.1. The van der Waals surface area contributed by atoms with Gasteiger partial charge in [0.05, 0.1) is 6.20 Å². The number of aromatic nitrogens is 2. The van der Waals surface area contributed by atoms with Crippen LogP contribution in [-0.4, -0.2) is 21.0 Å². The fourth-order valence-corrected chi connectivity index (χ4v) is 0.574. The standard InChI is InChI=1S/C8H6N2O2/c11-8(12)3-1-2-7-6-9-4-5-10-7/h4-6H,3H2,(H,11,12). The van der Waals surface area contributed by atoms with Crippen LogP contribution in [0.5, 0.6) is 0 Å². The molecule has 1 N–H and O–H groups in total. The van der Waals surface area contributed by atoms with E-state index in [0.29, 0.717) is 5.69 Å². The second-order valence-electron chi connectivity index (χ2n) is 1.96. The number of rotatable bonds is 1. The third-order valence-corrected chi connectivity index (χ3v) is 1.02. The lowest BCUT2D eigenvalue weighted by atomic mass is 10.4. The highest BCUT2D eigenvalue weighted by Crippen LogP contribution is 1.85. The Morgan fingerprint density at radius 2 is 2.42 bits per heavy atom. The molecule has 0 amide bonds. The van der Waals surface area contributed by atoms with Crippen molar-refractivity contribution in [3.05, 3.63) is 24.3 Å². The Labute approximate surface area is 69.3 Å². The molecular formula is C8H6N2O2. The van der Waals surface area contributed by atoms with E-state index in [1.807, 2.05) is 0 Å². The molecule has 12 heavy (non-hydrogen) atoms. The summed E-state index contributed by atoms with van der Waals surface area (Å²) in [5.41, 5.74) is 0.485. The monoisotopic (exact) mass is 162 g/mol. The normalized spacial score (nSPS) is 8.33. The summed E-state index contributed by atoms with van der Waals surface area (Å²) in [7, 11) is 0. The van der Waals surface area contributed by atoms with Crippen LogP contribution < -0.4 is 0 Å². The minimum absolute atomic E-state index is 0.170. The zero-order valence-electron chi connectivity index (χ0n) is 6.19. The van der Waals surface area contributed by atoms with Crippen molar-refractivity contribution in [2.24, 2.45) is 0 Å². The summed E-state index contributed by atoms with van der Waals surface area (Å²) in [6, 6.07) is 0. The van der Waals surface area contributed by atoms with E-state index < -0.39 is 5.97 Å². The number of aliphatic carboxylic acids is 1. The van der Waals surface area contributed by atoms with Crippen LogP contribution in [0.3, 0.4) is 0 Å². The van der Waals surface area contributed by atoms with Gasteiger partial charge in [-0.1, -0.05) is 5.92 Å². The fraction of sp³-hybridized carbons (Fsp3) is 0.125. The first-order chi connectivity index (χ1) is 5.79. The maximum Gasteiger partial charge on any atom is 0.315 e. The van der Waals surface area contributed by atoms with Crippen LogP contribution in [0.25, 0.3) is 0 Å². The summed E-state index contributed by atoms with van der Waals surface area (Å²) in [5.74, 6) is 4.08. The van der Waals surface area contributed by atoms with Gasteiger partial charge in [0.15, 0.2) is 0 Å². The quantitative estimate of drug-likeness (QED) is 0.603. The number of nitrogens with zero attached hydrogens (tertiary/aromatic N) is 2. The highest BCUT2D eigenvalue weighted by molar-refractivity contribution is 5.70. The maximum absolute atomic E-state index is 10.1. The highest BCUT2D eigenvalue weighted by atomic mass is 16.4. The average molecular weight is 162 g/mol. The van der Waals surface area contributed by atoms with E-state index in [1.165, 1.54) is 18.6 Å². The molecule has 0 aliphatic heterocycles. The number of hydrogen-bond donors (Lipinski definition) is 1. The van der Waals surface area contributed by atoms with Crippen molar-refractivity contribution in [2.75, 3.05) is 0 Å². The smallest absolute Gasteiger partial charge is 0.315 e. The van der Waals surface area contributed by atoms with Crippen molar-refractivity contribution in [2.45, 2.75) is 6.42 Å². The summed E-state index contributed by atoms with van der Waals surface area (Å²) in [5, 5.41) is 8.25. The van der Waals surface area contributed by atoms with Crippen molar-refractivity contribution in [1.29, 1.82) is 0 Å². The SMILES string of the molecule is O=C(O)CC#Cc1cnccn1. The van der Waals surface area contributed by atoms with Gasteiger partial charge in [0.25, 0.3) is 0 Å². The molecule has 1 aromatic rings. The van der Waals surface area contributed by atoms with Gasteiger partial charge in [0.2, 0.25) is 0 Å². The fourth-order valence-electron chi connectivity index (χ4n) is 0.574. The lowest BCUT2D eigenvalue weighted by molar-refractivity contribution is -0.135. The molecule has 1 aromatic heterocycles. The first kappa shape index (κ1) is 8.21. The second-order valence-corrected chi connectivity index (χ2v) is 1.96. The molecule has 0 aromatic carbocycles. The summed E-state index contributed by atoms with van der Waals surface area (Å²) in [6.45, 7) is 0. The van der Waals surface area contributed by atoms with Gasteiger partial charge < -0.3 is 5.11 Å². The Bertz CT molecular complexity index is 324. The minimum atomic E-state index is -0.939. The molecule has 1 rings (SSSR count). The van der Waals surface area contributed by atoms with Crippen LogP contribution in [0, 0.1) is 11.8 Å². The minimum Gasteiger partial charge on any atom is -0.481 e. The van der Waals surface area contributed by atoms with Crippen LogP contribution >= 0.6 is 0 Å². The molecule has 1 heterocycles. The van der Waals surface area contributed by atoms with E-state index in [2.05, 4.69) is 21.8 Å². The molecule has 4 heteroatoms. The molecule has 0 spiro atoms. The van der Waals surface area contributed by atoms with Gasteiger partial charge in [-0.3, -0.25) is 9.78 Å². The summed E-state index contributed by atoms with van der Waals surface area (Å²) >= 11 is 0. The summed E-state index contributed by atoms with van der Waals surface area (Å²) in [6.07, 6.45) is 4.35. The number of hydrogen-bond acceptors (Lipinski definition) is 3. The van der Waals surface area contributed by atoms with E-state index in [9.17, 15) is 4.79 Å². The Morgan fingerprint density at radius 3 is 3.00 bits per heavy atom. The van der Waals surface area contributed by atoms with Gasteiger partial charge in [0.1, 0.15) is 12.1 Å². The molecule has 0 aliphatic rings. The van der Waals surface area contributed by atoms with Crippen molar-refractivity contribution < 1.29 is 9.90 Å². The van der Waals surface area contributed by atoms with Gasteiger partial charge in [-0.2, -0.15) is 0 Å². The summed E-state index contributed by atoms with van der Waals surface area (Å²) in [4.78, 5) is 17.7. The molecule has 0 radical (unpaired) electrons. The lowest BCUT2D eigenvalue weighted by Crippen LogP contribution is -1.90. The van der Waals surface area contributed by atoms with Crippen molar-refractivity contribution >= 4 is 5.97 Å². The predicted octanol–water partition coefficient (Wildman–Crippen LogP) is 0.303. The van der Waals surface area contributed by atoms with E-state index in [-0.39, 0.29) is 6.42 Å². The molecule has 4 nitrogen and oxygen atoms in total. The first-order valence-corrected chi connectivity index (χ1v) is 3.26. The largest absolute Gasteiger partial charge is 0.481 e. The zero-order valence-corrected chi connectivity index (χ0v) is 6.19. The second kappa shape index (κ2) is 4.09. The van der Waals surface area contributed by atoms with E-state index >= 15 is 0 Å². The molecule has 0 saturated heterocycles. The van der Waals surface area contributed by atoms with Crippen LogP contribution in [0.4, 0.5) is 0 Å². The van der Waals surface area contributed by atoms with Crippen LogP contribution in [-0.2, 0) is 4.79 Å². The average Bonchev–Trinajstić information content (AvgIpc) is 2.05. The van der Waals surface area contributed by atoms with Gasteiger partial charge in [0, 0.05) is 12.4 Å². The first-order valence-electron chi connectivity index (χ1n) is 3.26. The molecule has 0 saturated carbocycles. The molecule has 0 atom stereocenters. The lowest BCUT2D eigenvalue weighted by Gasteiger charge is -1.84. The van der Waals surface area contributed by atoms with Gasteiger partial charge in [-0.25, -0.2) is 4.98 Å². The Morgan fingerprint density at radius 1 is 1.58 bits per heavy atom. The van der Waals surface area contributed by atoms with E-state index in [0.717, 1.165) is 0 Å². The highest BCUT2D eigenvalue weighted by Gasteiger charge is 1.89. The van der Waals surface area contributed by atoms with Crippen molar-refractivity contribution in [3.8, 4) is 11.8 Å². The van der Waals surface area contributed by atoms with Crippen LogP contribution in [0.2, 0.25) is 0 Å². The number of carboxylic acids is 1. The molecule has 0 bridgehead atoms. The van der Waals surface area contributed by atoms with Crippen LogP contribution in [0.15, 0.2) is 18.6 Å². The molecule has 0 fully saturated rings. The Balaban J connectivity index is 2.61. The van der Waals surface area contributed by atoms with Crippen molar-refractivity contribution in [1.82, 2.24) is 9.97 Å². The molecule has 0 unspecified atom stereocenters. The Hall–Kier alpha value is -1.89. The topological polar surface area (TPSA) is 63.1 Å². The third-order valence-electron chi connectivity index (χ3n) is 1.02. The van der Waals surface area contributed by atoms with Crippen LogP contribution in [0.1, 0.15) is 12.1 Å². The van der Waals surface area contributed by atoms with Gasteiger partial charge in [-0.15, -0.1) is 0 Å². The molecule has 0 aliphatic carbocycles. The third kappa shape index (κ3) is 2.80. The zero-order chi connectivity index (χ0) is 8.81. The Kier molecular flexibility index (Phi) is 2.79. The van der Waals surface area contributed by atoms with Crippen molar-refractivity contribution in [3.63, 3.8) is 0 Å². The predicted molar refractivity (Wildman–Crippen MR) is 41.2 cm³/mol. The molecular weight excluding hydrogens is 156 g/mol. The number of carbonyl (C=O) groups is 1. The van der Waals surface area contributed by atoms with Gasteiger partial charge in [-0.05, 0) is 5.92 Å². The van der Waals surface area contributed by atoms with E-state index in [4.69, 9.17) is 5.11 Å². The number of carboxylic acid groups (broad SMARTS) is 1. The van der Waals surface area contributed by atoms with E-state index in [1.54, 1.807) is 0 Å². The van der Waals surface area contributed by atoms with Gasteiger partial charge >= 0.3 is 5.97 Å². The molecule has 60 valence electrons.